The second kappa shape index (κ2) is 6.65. The summed E-state index contributed by atoms with van der Waals surface area (Å²) in [7, 11) is 0. The largest absolute Gasteiger partial charge is 0.370 e. The number of carbonyl (C=O) groups is 1. The van der Waals surface area contributed by atoms with E-state index < -0.39 is 0 Å². The molecule has 1 saturated heterocycles. The normalized spacial score (nSPS) is 20.7. The topological polar surface area (TPSA) is 42.4 Å². The van der Waals surface area contributed by atoms with Gasteiger partial charge in [-0.3, -0.25) is 9.78 Å². The molecule has 0 aromatic carbocycles. The summed E-state index contributed by atoms with van der Waals surface area (Å²) in [5.41, 5.74) is 4.32. The summed E-state index contributed by atoms with van der Waals surface area (Å²) in [6, 6.07) is 4.03. The van der Waals surface area contributed by atoms with Gasteiger partial charge in [0.25, 0.3) is 5.91 Å². The first kappa shape index (κ1) is 15.8. The molecule has 126 valence electrons. The Morgan fingerprint density at radius 1 is 1.38 bits per heavy atom. The number of aryl methyl sites for hydroxylation is 2. The first-order valence-corrected chi connectivity index (χ1v) is 9.53. The molecule has 1 aliphatic heterocycles. The number of rotatable bonds is 2. The van der Waals surface area contributed by atoms with E-state index in [1.807, 2.05) is 30.2 Å². The van der Waals surface area contributed by atoms with Crippen LogP contribution in [0.25, 0.3) is 0 Å². The smallest absolute Gasteiger partial charge is 0.255 e. The number of amides is 1. The van der Waals surface area contributed by atoms with Gasteiger partial charge in [-0.05, 0) is 55.9 Å². The van der Waals surface area contributed by atoms with Gasteiger partial charge in [0.2, 0.25) is 0 Å². The van der Waals surface area contributed by atoms with Crippen LogP contribution >= 0.6 is 11.3 Å². The second-order valence-corrected chi connectivity index (χ2v) is 7.56. The van der Waals surface area contributed by atoms with E-state index in [1.54, 1.807) is 11.3 Å². The fourth-order valence-electron chi connectivity index (χ4n) is 3.65. The highest BCUT2D eigenvalue weighted by molar-refractivity contribution is 7.10. The van der Waals surface area contributed by atoms with Crippen LogP contribution in [0.5, 0.6) is 0 Å². The number of hydrogen-bond acceptors (Lipinski definition) is 4. The van der Waals surface area contributed by atoms with E-state index >= 15 is 0 Å². The zero-order chi connectivity index (χ0) is 16.5. The molecule has 1 fully saturated rings. The average molecular weight is 342 g/mol. The van der Waals surface area contributed by atoms with Gasteiger partial charge in [-0.2, -0.15) is 0 Å². The predicted molar refractivity (Wildman–Crippen MR) is 94.5 cm³/mol. The zero-order valence-corrected chi connectivity index (χ0v) is 14.8. The van der Waals surface area contributed by atoms with Crippen molar-refractivity contribution in [2.75, 3.05) is 19.7 Å². The van der Waals surface area contributed by atoms with Crippen LogP contribution in [0.3, 0.4) is 0 Å². The van der Waals surface area contributed by atoms with Gasteiger partial charge in [0.05, 0.1) is 18.7 Å². The Kier molecular flexibility index (Phi) is 4.37. The summed E-state index contributed by atoms with van der Waals surface area (Å²) in [5, 5.41) is 2.07. The number of fused-ring (bicyclic) bond motifs is 1. The molecule has 0 unspecified atom stereocenters. The minimum Gasteiger partial charge on any atom is -0.370 e. The van der Waals surface area contributed by atoms with Crippen molar-refractivity contribution in [3.05, 3.63) is 51.0 Å². The maximum absolute atomic E-state index is 13.0. The number of morpholine rings is 1. The molecule has 0 bridgehead atoms. The Labute approximate surface area is 146 Å². The predicted octanol–water partition coefficient (Wildman–Crippen LogP) is 3.54. The molecule has 1 amide bonds. The minimum atomic E-state index is -0.0566. The van der Waals surface area contributed by atoms with E-state index in [1.165, 1.54) is 23.3 Å². The third-order valence-electron chi connectivity index (χ3n) is 4.94. The van der Waals surface area contributed by atoms with Crippen LogP contribution in [0.4, 0.5) is 0 Å². The standard InChI is InChI=1S/C19H22N2O2S/c1-13-10-14(6-7-20-13)17-11-21(8-9-23-17)19(22)16-12-24-18-5-3-2-4-15(16)18/h6-7,10,12,17H,2-5,8-9,11H2,1H3/t17-/m1/s1. The highest BCUT2D eigenvalue weighted by Gasteiger charge is 2.29. The first-order chi connectivity index (χ1) is 11.7. The highest BCUT2D eigenvalue weighted by Crippen LogP contribution is 2.32. The third kappa shape index (κ3) is 2.98. The van der Waals surface area contributed by atoms with E-state index in [2.05, 4.69) is 10.4 Å². The molecule has 4 nitrogen and oxygen atoms in total. The first-order valence-electron chi connectivity index (χ1n) is 8.65. The van der Waals surface area contributed by atoms with Crippen molar-refractivity contribution in [3.63, 3.8) is 0 Å². The van der Waals surface area contributed by atoms with Gasteiger partial charge in [-0.15, -0.1) is 11.3 Å². The number of pyridine rings is 1. The van der Waals surface area contributed by atoms with Crippen molar-refractivity contribution in [3.8, 4) is 0 Å². The molecule has 3 heterocycles. The second-order valence-electron chi connectivity index (χ2n) is 6.60. The summed E-state index contributed by atoms with van der Waals surface area (Å²) >= 11 is 1.76. The monoisotopic (exact) mass is 342 g/mol. The molecular weight excluding hydrogens is 320 g/mol. The van der Waals surface area contributed by atoms with Crippen LogP contribution < -0.4 is 0 Å². The van der Waals surface area contributed by atoms with Gasteiger partial charge in [0, 0.05) is 28.7 Å². The number of aromatic nitrogens is 1. The van der Waals surface area contributed by atoms with Crippen molar-refractivity contribution >= 4 is 17.2 Å². The van der Waals surface area contributed by atoms with Crippen molar-refractivity contribution < 1.29 is 9.53 Å². The van der Waals surface area contributed by atoms with Gasteiger partial charge >= 0.3 is 0 Å². The van der Waals surface area contributed by atoms with E-state index in [9.17, 15) is 4.79 Å². The molecule has 2 aromatic heterocycles. The lowest BCUT2D eigenvalue weighted by atomic mass is 9.95. The molecule has 0 spiro atoms. The number of nitrogens with zero attached hydrogens (tertiary/aromatic N) is 2. The van der Waals surface area contributed by atoms with Crippen LogP contribution in [0.1, 0.15) is 51.0 Å². The summed E-state index contributed by atoms with van der Waals surface area (Å²) in [6.07, 6.45) is 6.39. The lowest BCUT2D eigenvalue weighted by molar-refractivity contribution is -0.0229. The molecular formula is C19H22N2O2S. The van der Waals surface area contributed by atoms with Crippen molar-refractivity contribution in [2.45, 2.75) is 38.7 Å². The molecule has 0 radical (unpaired) electrons. The number of carbonyl (C=O) groups excluding carboxylic acids is 1. The van der Waals surface area contributed by atoms with Gasteiger partial charge in [0.15, 0.2) is 0 Å². The van der Waals surface area contributed by atoms with Crippen LogP contribution in [0.2, 0.25) is 0 Å². The maximum Gasteiger partial charge on any atom is 0.255 e. The van der Waals surface area contributed by atoms with Gasteiger partial charge in [-0.25, -0.2) is 0 Å². The van der Waals surface area contributed by atoms with E-state index in [-0.39, 0.29) is 12.0 Å². The summed E-state index contributed by atoms with van der Waals surface area (Å²) < 4.78 is 5.91. The fraction of sp³-hybridized carbons (Fsp3) is 0.474. The van der Waals surface area contributed by atoms with Crippen molar-refractivity contribution in [1.29, 1.82) is 0 Å². The quantitative estimate of drug-likeness (QED) is 0.838. The van der Waals surface area contributed by atoms with Crippen LogP contribution in [0.15, 0.2) is 23.7 Å². The van der Waals surface area contributed by atoms with Crippen molar-refractivity contribution in [1.82, 2.24) is 9.88 Å². The molecule has 0 saturated carbocycles. The Hall–Kier alpha value is -1.72. The third-order valence-corrected chi connectivity index (χ3v) is 6.03. The fourth-order valence-corrected chi connectivity index (χ4v) is 4.77. The average Bonchev–Trinajstić information content (AvgIpc) is 3.05. The number of thiophene rings is 1. The maximum atomic E-state index is 13.0. The molecule has 2 aliphatic rings. The Morgan fingerprint density at radius 3 is 3.12 bits per heavy atom. The highest BCUT2D eigenvalue weighted by atomic mass is 32.1. The van der Waals surface area contributed by atoms with Gasteiger partial charge in [0.1, 0.15) is 6.10 Å². The Morgan fingerprint density at radius 2 is 2.25 bits per heavy atom. The van der Waals surface area contributed by atoms with Crippen LogP contribution in [-0.2, 0) is 17.6 Å². The minimum absolute atomic E-state index is 0.0566. The summed E-state index contributed by atoms with van der Waals surface area (Å²) in [6.45, 7) is 3.86. The Balaban J connectivity index is 1.54. The van der Waals surface area contributed by atoms with Crippen LogP contribution in [-0.4, -0.2) is 35.5 Å². The van der Waals surface area contributed by atoms with E-state index in [0.29, 0.717) is 19.7 Å². The molecule has 1 atom stereocenters. The van der Waals surface area contributed by atoms with E-state index in [0.717, 1.165) is 29.7 Å². The number of ether oxygens (including phenoxy) is 1. The van der Waals surface area contributed by atoms with Gasteiger partial charge < -0.3 is 9.64 Å². The summed E-state index contributed by atoms with van der Waals surface area (Å²) in [5.74, 6) is 0.175. The zero-order valence-electron chi connectivity index (χ0n) is 14.0. The van der Waals surface area contributed by atoms with Crippen LogP contribution in [0, 0.1) is 6.92 Å². The Bertz CT molecular complexity index is 756. The number of hydrogen-bond donors (Lipinski definition) is 0. The molecule has 5 heteroatoms. The molecule has 1 aliphatic carbocycles. The van der Waals surface area contributed by atoms with Gasteiger partial charge in [-0.1, -0.05) is 0 Å². The van der Waals surface area contributed by atoms with Crippen molar-refractivity contribution in [2.24, 2.45) is 0 Å². The SMILES string of the molecule is Cc1cc([C@H]2CN(C(=O)c3csc4c3CCCC4)CCO2)ccn1. The molecule has 24 heavy (non-hydrogen) atoms. The molecule has 4 rings (SSSR count). The summed E-state index contributed by atoms with van der Waals surface area (Å²) in [4.78, 5) is 20.7. The lowest BCUT2D eigenvalue weighted by Crippen LogP contribution is -2.42. The molecule has 2 aromatic rings. The molecule has 0 N–H and O–H groups in total. The van der Waals surface area contributed by atoms with E-state index in [4.69, 9.17) is 4.74 Å². The lowest BCUT2D eigenvalue weighted by Gasteiger charge is -2.33.